The Bertz CT molecular complexity index is 1290. The van der Waals surface area contributed by atoms with Crippen molar-refractivity contribution in [1.29, 1.82) is 0 Å². The summed E-state index contributed by atoms with van der Waals surface area (Å²) in [6.45, 7) is 3.22. The summed E-state index contributed by atoms with van der Waals surface area (Å²) >= 11 is 0. The maximum Gasteiger partial charge on any atom is 0.328 e. The van der Waals surface area contributed by atoms with Crippen LogP contribution in [0.15, 0.2) is 97.2 Å². The van der Waals surface area contributed by atoms with E-state index in [1.165, 1.54) is 12.8 Å². The van der Waals surface area contributed by atoms with E-state index < -0.39 is 24.5 Å². The molecule has 0 aromatic carbocycles. The van der Waals surface area contributed by atoms with Crippen LogP contribution in [0.4, 0.5) is 0 Å². The number of aliphatic hydroxyl groups excluding tert-OH is 1. The van der Waals surface area contributed by atoms with Gasteiger partial charge < -0.3 is 25.6 Å². The molecule has 4 N–H and O–H groups in total. The highest BCUT2D eigenvalue weighted by Crippen LogP contribution is 2.15. The molecule has 2 amide bonds. The molecule has 0 aliphatic heterocycles. The Balaban J connectivity index is 4.28. The van der Waals surface area contributed by atoms with Crippen LogP contribution in [-0.2, 0) is 23.9 Å². The number of amides is 2. The Labute approximate surface area is 351 Å². The number of aliphatic carboxylic acids is 1. The quantitative estimate of drug-likeness (QED) is 0.0276. The van der Waals surface area contributed by atoms with E-state index in [4.69, 9.17) is 14.9 Å². The summed E-state index contributed by atoms with van der Waals surface area (Å²) in [5.74, 6) is -2.40. The van der Waals surface area contributed by atoms with E-state index in [-0.39, 0.29) is 30.9 Å². The maximum absolute atomic E-state index is 12.7. The molecule has 0 bridgehead atoms. The van der Waals surface area contributed by atoms with E-state index in [0.29, 0.717) is 12.8 Å². The Hall–Kier alpha value is -4.24. The molecular weight excluding hydrogens is 729 g/mol. The summed E-state index contributed by atoms with van der Waals surface area (Å²) in [6, 6.07) is -1.39. The third-order valence-electron chi connectivity index (χ3n) is 9.06. The van der Waals surface area contributed by atoms with E-state index in [0.717, 1.165) is 116 Å². The molecule has 326 valence electrons. The van der Waals surface area contributed by atoms with Gasteiger partial charge in [-0.2, -0.15) is 0 Å². The van der Waals surface area contributed by atoms with Gasteiger partial charge in [-0.1, -0.05) is 150 Å². The summed E-state index contributed by atoms with van der Waals surface area (Å²) < 4.78 is 5.91. The first-order valence-electron chi connectivity index (χ1n) is 22.1. The predicted octanol–water partition coefficient (Wildman–Crippen LogP) is 11.0. The normalized spacial score (nSPS) is 13.4. The van der Waals surface area contributed by atoms with Crippen molar-refractivity contribution in [1.82, 2.24) is 10.6 Å². The number of nitrogens with one attached hydrogen (secondary N) is 2. The van der Waals surface area contributed by atoms with Crippen molar-refractivity contribution in [2.24, 2.45) is 0 Å². The Morgan fingerprint density at radius 3 is 1.50 bits per heavy atom. The van der Waals surface area contributed by atoms with E-state index in [1.54, 1.807) is 0 Å². The minimum Gasteiger partial charge on any atom is -0.480 e. The molecule has 0 fully saturated rings. The number of allylic oxidation sites excluding steroid dienone is 15. The van der Waals surface area contributed by atoms with Crippen LogP contribution in [0.1, 0.15) is 162 Å². The molecule has 0 rings (SSSR count). The van der Waals surface area contributed by atoms with Gasteiger partial charge >= 0.3 is 11.9 Å². The number of hydrogen-bond donors (Lipinski definition) is 4. The van der Waals surface area contributed by atoms with E-state index in [1.807, 2.05) is 6.08 Å². The summed E-state index contributed by atoms with van der Waals surface area (Å²) in [7, 11) is 0. The molecule has 0 radical (unpaired) electrons. The molecule has 9 heteroatoms. The lowest BCUT2D eigenvalue weighted by atomic mass is 10.1. The average molecular weight is 807 g/mol. The number of unbranched alkanes of at least 4 members (excludes halogenated alkanes) is 10. The molecule has 0 heterocycles. The second-order valence-corrected chi connectivity index (χ2v) is 14.4. The third kappa shape index (κ3) is 38.6. The van der Waals surface area contributed by atoms with Crippen LogP contribution >= 0.6 is 0 Å². The van der Waals surface area contributed by atoms with E-state index in [2.05, 4.69) is 116 Å². The Kier molecular flexibility index (Phi) is 39.3. The lowest BCUT2D eigenvalue weighted by molar-refractivity contribution is -0.147. The van der Waals surface area contributed by atoms with Crippen molar-refractivity contribution >= 4 is 23.8 Å². The van der Waals surface area contributed by atoms with Gasteiger partial charge in [0.25, 0.3) is 0 Å². The Morgan fingerprint density at radius 2 is 0.983 bits per heavy atom. The van der Waals surface area contributed by atoms with Gasteiger partial charge in [-0.25, -0.2) is 4.79 Å². The second kappa shape index (κ2) is 42.4. The van der Waals surface area contributed by atoms with Crippen LogP contribution in [0.5, 0.6) is 0 Å². The van der Waals surface area contributed by atoms with Crippen LogP contribution < -0.4 is 10.6 Å². The average Bonchev–Trinajstić information content (AvgIpc) is 3.21. The highest BCUT2D eigenvalue weighted by Gasteiger charge is 2.18. The third-order valence-corrected chi connectivity index (χ3v) is 9.06. The SMILES string of the molecule is CC/C=C\C/C=C\C/C=C\C/C=C\C/C=C\CCCCCCCC(=O)OC(/C=C\C/C=C\C/C=C\CC)CCCCCCCCC(=O)NCC(=O)NC(CO)C(=O)O. The molecule has 58 heavy (non-hydrogen) atoms. The van der Waals surface area contributed by atoms with Gasteiger partial charge in [0, 0.05) is 12.8 Å². The van der Waals surface area contributed by atoms with Crippen LogP contribution in [0, 0.1) is 0 Å². The highest BCUT2D eigenvalue weighted by molar-refractivity contribution is 5.87. The largest absolute Gasteiger partial charge is 0.480 e. The zero-order chi connectivity index (χ0) is 42.6. The van der Waals surface area contributed by atoms with Crippen molar-refractivity contribution in [3.63, 3.8) is 0 Å². The first-order valence-corrected chi connectivity index (χ1v) is 22.1. The predicted molar refractivity (Wildman–Crippen MR) is 240 cm³/mol. The Morgan fingerprint density at radius 1 is 0.534 bits per heavy atom. The number of carboxylic acid groups (broad SMARTS) is 1. The lowest BCUT2D eigenvalue weighted by Gasteiger charge is -2.14. The van der Waals surface area contributed by atoms with Gasteiger partial charge in [0.2, 0.25) is 11.8 Å². The maximum atomic E-state index is 12.7. The van der Waals surface area contributed by atoms with Crippen molar-refractivity contribution in [3.8, 4) is 0 Å². The van der Waals surface area contributed by atoms with Crippen molar-refractivity contribution in [2.75, 3.05) is 13.2 Å². The van der Waals surface area contributed by atoms with Gasteiger partial charge in [0.05, 0.1) is 13.2 Å². The molecule has 0 saturated heterocycles. The molecule has 0 spiro atoms. The van der Waals surface area contributed by atoms with Gasteiger partial charge in [-0.05, 0) is 96.0 Å². The summed E-state index contributed by atoms with van der Waals surface area (Å²) in [5.41, 5.74) is 0. The van der Waals surface area contributed by atoms with Crippen LogP contribution in [0.2, 0.25) is 0 Å². The van der Waals surface area contributed by atoms with E-state index in [9.17, 15) is 19.2 Å². The van der Waals surface area contributed by atoms with Crippen molar-refractivity contribution in [3.05, 3.63) is 97.2 Å². The minimum atomic E-state index is -1.39. The zero-order valence-corrected chi connectivity index (χ0v) is 36.0. The fraction of sp³-hybridized carbons (Fsp3) is 0.592. The highest BCUT2D eigenvalue weighted by atomic mass is 16.5. The van der Waals surface area contributed by atoms with Crippen molar-refractivity contribution < 1.29 is 34.1 Å². The molecule has 0 aliphatic carbocycles. The molecule has 0 aliphatic rings. The number of carbonyl (C=O) groups excluding carboxylic acids is 3. The zero-order valence-electron chi connectivity index (χ0n) is 36.0. The molecule has 0 aromatic rings. The van der Waals surface area contributed by atoms with Crippen LogP contribution in [-0.4, -0.2) is 59.3 Å². The molecule has 0 saturated carbocycles. The smallest absolute Gasteiger partial charge is 0.328 e. The number of carbonyl (C=O) groups is 4. The fourth-order valence-corrected chi connectivity index (χ4v) is 5.73. The number of rotatable bonds is 38. The van der Waals surface area contributed by atoms with Gasteiger partial charge in [0.15, 0.2) is 0 Å². The first-order chi connectivity index (χ1) is 28.3. The molecule has 0 aromatic heterocycles. The summed E-state index contributed by atoms with van der Waals surface area (Å²) in [4.78, 5) is 47.4. The van der Waals surface area contributed by atoms with Gasteiger partial charge in [-0.15, -0.1) is 0 Å². The van der Waals surface area contributed by atoms with Crippen LogP contribution in [0.3, 0.4) is 0 Å². The molecule has 2 atom stereocenters. The summed E-state index contributed by atoms with van der Waals surface area (Å²) in [6.07, 6.45) is 56.1. The lowest BCUT2D eigenvalue weighted by Crippen LogP contribution is -2.47. The fourth-order valence-electron chi connectivity index (χ4n) is 5.73. The number of ether oxygens (including phenoxy) is 1. The minimum absolute atomic E-state index is 0.125. The van der Waals surface area contributed by atoms with Gasteiger partial charge in [-0.3, -0.25) is 14.4 Å². The van der Waals surface area contributed by atoms with E-state index >= 15 is 0 Å². The standard InChI is InChI=1S/C49H78N2O7/c1-3-5-7-9-11-13-14-15-16-17-18-19-20-21-22-23-24-25-27-33-37-41-48(55)58-44(38-34-30-26-12-10-8-6-4-2)39-35-31-28-29-32-36-40-46(53)50-42-47(54)51-45(43-52)49(56)57/h5-8,11-13,15-16,18-19,21-22,26,34,38,44-45,52H,3-4,9-10,14,17,20,23-25,27-33,35-37,39-43H2,1-2H3,(H,50,53)(H,51,54)(H,56,57)/b7-5-,8-6-,13-11-,16-15-,19-18-,22-21-,26-12-,38-34-. The van der Waals surface area contributed by atoms with Crippen LogP contribution in [0.25, 0.3) is 0 Å². The molecule has 9 nitrogen and oxygen atoms in total. The topological polar surface area (TPSA) is 142 Å². The van der Waals surface area contributed by atoms with Crippen molar-refractivity contribution in [2.45, 2.75) is 174 Å². The number of hydrogen-bond acceptors (Lipinski definition) is 6. The molecule has 2 unspecified atom stereocenters. The number of carboxylic acids is 1. The van der Waals surface area contributed by atoms with Gasteiger partial charge in [0.1, 0.15) is 12.1 Å². The summed E-state index contributed by atoms with van der Waals surface area (Å²) in [5, 5.41) is 22.5. The number of esters is 1. The monoisotopic (exact) mass is 807 g/mol. The number of aliphatic hydroxyl groups is 1. The first kappa shape index (κ1) is 53.8. The molecular formula is C49H78N2O7. The second-order valence-electron chi connectivity index (χ2n) is 14.4.